The van der Waals surface area contributed by atoms with Crippen molar-refractivity contribution in [3.63, 3.8) is 0 Å². The fourth-order valence-corrected chi connectivity index (χ4v) is 3.63. The lowest BCUT2D eigenvalue weighted by atomic mass is 9.95. The summed E-state index contributed by atoms with van der Waals surface area (Å²) in [6, 6.07) is 10.9. The SMILES string of the molecule is CC(C)N1CC=C(C2=Nc3cc(Cl)ccc3Nc3ccc(F)cc32)CC1. The molecule has 0 saturated heterocycles. The highest BCUT2D eigenvalue weighted by Gasteiger charge is 2.23. The van der Waals surface area contributed by atoms with E-state index in [0.29, 0.717) is 11.1 Å². The molecule has 0 bridgehead atoms. The molecule has 0 saturated carbocycles. The van der Waals surface area contributed by atoms with Gasteiger partial charge in [0.15, 0.2) is 0 Å². The summed E-state index contributed by atoms with van der Waals surface area (Å²) in [5.74, 6) is -0.262. The molecule has 0 spiro atoms. The Hall–Kier alpha value is -2.17. The number of rotatable bonds is 2. The van der Waals surface area contributed by atoms with Gasteiger partial charge < -0.3 is 5.32 Å². The molecule has 1 N–H and O–H groups in total. The number of nitrogens with one attached hydrogen (secondary N) is 1. The van der Waals surface area contributed by atoms with Crippen LogP contribution in [0.25, 0.3) is 0 Å². The highest BCUT2D eigenvalue weighted by atomic mass is 35.5. The number of benzene rings is 2. The largest absolute Gasteiger partial charge is 0.353 e. The van der Waals surface area contributed by atoms with E-state index in [0.717, 1.165) is 53.4 Å². The number of aliphatic imine (C=N–C) groups is 1. The lowest BCUT2D eigenvalue weighted by molar-refractivity contribution is 0.241. The molecule has 0 aromatic heterocycles. The number of hydrogen-bond acceptors (Lipinski definition) is 3. The minimum Gasteiger partial charge on any atom is -0.353 e. The summed E-state index contributed by atoms with van der Waals surface area (Å²) in [5.41, 5.74) is 5.29. The normalized spacial score (nSPS) is 17.0. The molecule has 2 aromatic rings. The highest BCUT2D eigenvalue weighted by molar-refractivity contribution is 6.31. The molecule has 2 aliphatic rings. The van der Waals surface area contributed by atoms with Gasteiger partial charge >= 0.3 is 0 Å². The average Bonchev–Trinajstić information content (AvgIpc) is 2.78. The smallest absolute Gasteiger partial charge is 0.124 e. The first-order chi connectivity index (χ1) is 12.5. The Morgan fingerprint density at radius 2 is 1.96 bits per heavy atom. The molecule has 4 rings (SSSR count). The van der Waals surface area contributed by atoms with Gasteiger partial charge in [-0.3, -0.25) is 4.90 Å². The summed E-state index contributed by atoms with van der Waals surface area (Å²) in [5, 5.41) is 4.01. The van der Waals surface area contributed by atoms with Gasteiger partial charge in [0.2, 0.25) is 0 Å². The van der Waals surface area contributed by atoms with Crippen molar-refractivity contribution in [3.05, 3.63) is 64.5 Å². The molecular weight excluding hydrogens is 349 g/mol. The second-order valence-electron chi connectivity index (χ2n) is 7.00. The maximum Gasteiger partial charge on any atom is 0.124 e. The van der Waals surface area contributed by atoms with Gasteiger partial charge in [0.1, 0.15) is 5.82 Å². The van der Waals surface area contributed by atoms with Crippen molar-refractivity contribution < 1.29 is 4.39 Å². The van der Waals surface area contributed by atoms with Crippen LogP contribution < -0.4 is 5.32 Å². The quantitative estimate of drug-likeness (QED) is 0.735. The van der Waals surface area contributed by atoms with Gasteiger partial charge in [-0.25, -0.2) is 9.38 Å². The zero-order chi connectivity index (χ0) is 18.3. The van der Waals surface area contributed by atoms with Crippen molar-refractivity contribution in [2.45, 2.75) is 26.3 Å². The minimum atomic E-state index is -0.262. The molecule has 2 aliphatic heterocycles. The monoisotopic (exact) mass is 369 g/mol. The Labute approximate surface area is 158 Å². The molecule has 2 aromatic carbocycles. The van der Waals surface area contributed by atoms with Crippen LogP contribution in [0.5, 0.6) is 0 Å². The third kappa shape index (κ3) is 3.27. The zero-order valence-corrected chi connectivity index (χ0v) is 15.6. The number of hydrogen-bond donors (Lipinski definition) is 1. The number of nitrogens with zero attached hydrogens (tertiary/aromatic N) is 2. The third-order valence-corrected chi connectivity index (χ3v) is 5.21. The van der Waals surface area contributed by atoms with Crippen LogP contribution in [-0.2, 0) is 0 Å². The molecule has 5 heteroatoms. The van der Waals surface area contributed by atoms with Crippen molar-refractivity contribution >= 4 is 34.4 Å². The second-order valence-corrected chi connectivity index (χ2v) is 7.44. The van der Waals surface area contributed by atoms with Gasteiger partial charge in [-0.05, 0) is 62.2 Å². The van der Waals surface area contributed by atoms with E-state index in [9.17, 15) is 4.39 Å². The van der Waals surface area contributed by atoms with Gasteiger partial charge in [0.25, 0.3) is 0 Å². The Morgan fingerprint density at radius 1 is 1.15 bits per heavy atom. The second kappa shape index (κ2) is 6.86. The predicted molar refractivity (Wildman–Crippen MR) is 107 cm³/mol. The van der Waals surface area contributed by atoms with E-state index in [1.54, 1.807) is 12.1 Å². The van der Waals surface area contributed by atoms with Crippen molar-refractivity contribution in [1.29, 1.82) is 0 Å². The molecule has 0 amide bonds. The molecule has 26 heavy (non-hydrogen) atoms. The standard InChI is InChI=1S/C21H21ClFN3/c1-13(2)26-9-7-14(8-10-26)21-17-12-16(23)4-6-18(17)24-19-5-3-15(22)11-20(19)25-21/h3-7,11-13,24H,8-10H2,1-2H3. The van der Waals surface area contributed by atoms with Crippen molar-refractivity contribution in [1.82, 2.24) is 4.90 Å². The van der Waals surface area contributed by atoms with E-state index in [2.05, 4.69) is 30.1 Å². The Morgan fingerprint density at radius 3 is 2.69 bits per heavy atom. The van der Waals surface area contributed by atoms with Crippen LogP contribution in [0.2, 0.25) is 5.02 Å². The predicted octanol–water partition coefficient (Wildman–Crippen LogP) is 5.70. The topological polar surface area (TPSA) is 27.6 Å². The molecule has 2 heterocycles. The fourth-order valence-electron chi connectivity index (χ4n) is 3.46. The van der Waals surface area contributed by atoms with Gasteiger partial charge in [-0.2, -0.15) is 0 Å². The van der Waals surface area contributed by atoms with E-state index in [1.165, 1.54) is 6.07 Å². The highest BCUT2D eigenvalue weighted by Crippen LogP contribution is 2.38. The maximum atomic E-state index is 14.0. The molecular formula is C21H21ClFN3. The van der Waals surface area contributed by atoms with Crippen LogP contribution in [0.1, 0.15) is 25.8 Å². The first kappa shape index (κ1) is 17.3. The Bertz CT molecular complexity index is 917. The van der Waals surface area contributed by atoms with E-state index in [1.807, 2.05) is 18.2 Å². The number of fused-ring (bicyclic) bond motifs is 2. The summed E-state index contributed by atoms with van der Waals surface area (Å²) in [4.78, 5) is 7.31. The molecule has 0 aliphatic carbocycles. The number of anilines is 2. The summed E-state index contributed by atoms with van der Waals surface area (Å²) in [7, 11) is 0. The van der Waals surface area contributed by atoms with Gasteiger partial charge in [0, 0.05) is 35.4 Å². The van der Waals surface area contributed by atoms with Crippen LogP contribution in [0.3, 0.4) is 0 Å². The first-order valence-electron chi connectivity index (χ1n) is 8.90. The summed E-state index contributed by atoms with van der Waals surface area (Å²) in [6.07, 6.45) is 3.11. The van der Waals surface area contributed by atoms with E-state index >= 15 is 0 Å². The molecule has 134 valence electrons. The van der Waals surface area contributed by atoms with E-state index < -0.39 is 0 Å². The van der Waals surface area contributed by atoms with Crippen molar-refractivity contribution in [3.8, 4) is 0 Å². The number of halogens is 2. The van der Waals surface area contributed by atoms with Crippen LogP contribution in [0.15, 0.2) is 53.0 Å². The van der Waals surface area contributed by atoms with E-state index in [-0.39, 0.29) is 5.82 Å². The average molecular weight is 370 g/mol. The van der Waals surface area contributed by atoms with Crippen LogP contribution >= 0.6 is 11.6 Å². The first-order valence-corrected chi connectivity index (χ1v) is 9.28. The van der Waals surface area contributed by atoms with Gasteiger partial charge in [-0.15, -0.1) is 0 Å². The van der Waals surface area contributed by atoms with Crippen LogP contribution in [0.4, 0.5) is 21.5 Å². The van der Waals surface area contributed by atoms with Crippen LogP contribution in [0, 0.1) is 5.82 Å². The maximum absolute atomic E-state index is 14.0. The molecule has 3 nitrogen and oxygen atoms in total. The zero-order valence-electron chi connectivity index (χ0n) is 14.9. The Kier molecular flexibility index (Phi) is 4.55. The lowest BCUT2D eigenvalue weighted by Crippen LogP contribution is -2.35. The fraction of sp³-hybridized carbons (Fsp3) is 0.286. The van der Waals surface area contributed by atoms with E-state index in [4.69, 9.17) is 16.6 Å². The van der Waals surface area contributed by atoms with Gasteiger partial charge in [0.05, 0.1) is 17.1 Å². The minimum absolute atomic E-state index is 0.262. The molecule has 0 unspecified atom stereocenters. The van der Waals surface area contributed by atoms with Crippen molar-refractivity contribution in [2.24, 2.45) is 4.99 Å². The molecule has 0 fully saturated rings. The summed E-state index contributed by atoms with van der Waals surface area (Å²) in [6.45, 7) is 6.26. The van der Waals surface area contributed by atoms with Crippen molar-refractivity contribution in [2.75, 3.05) is 18.4 Å². The molecule has 0 atom stereocenters. The Balaban J connectivity index is 1.84. The van der Waals surface area contributed by atoms with Gasteiger partial charge in [-0.1, -0.05) is 17.7 Å². The summed E-state index contributed by atoms with van der Waals surface area (Å²) < 4.78 is 14.0. The van der Waals surface area contributed by atoms with Crippen LogP contribution in [-0.4, -0.2) is 29.7 Å². The summed E-state index contributed by atoms with van der Waals surface area (Å²) >= 11 is 6.18. The molecule has 0 radical (unpaired) electrons. The third-order valence-electron chi connectivity index (χ3n) is 4.97. The lowest BCUT2D eigenvalue weighted by Gasteiger charge is -2.30.